The van der Waals surface area contributed by atoms with Crippen molar-refractivity contribution in [1.82, 2.24) is 14.5 Å². The lowest BCUT2D eigenvalue weighted by Crippen LogP contribution is -2.27. The minimum Gasteiger partial charge on any atom is -0.331 e. The molecular weight excluding hydrogens is 254 g/mol. The van der Waals surface area contributed by atoms with Crippen molar-refractivity contribution in [1.29, 1.82) is 0 Å². The number of fused-ring (bicyclic) bond motifs is 1. The number of likely N-dealkylation sites (N-methyl/N-ethyl adjacent to an activating group) is 1. The highest BCUT2D eigenvalue weighted by Gasteiger charge is 2.07. The van der Waals surface area contributed by atoms with Gasteiger partial charge in [-0.3, -0.25) is 0 Å². The van der Waals surface area contributed by atoms with Crippen LogP contribution in [0.15, 0.2) is 12.1 Å². The molecule has 0 radical (unpaired) electrons. The van der Waals surface area contributed by atoms with Crippen LogP contribution in [0.1, 0.15) is 25.0 Å². The van der Waals surface area contributed by atoms with E-state index in [1.54, 1.807) is 0 Å². The molecule has 0 atom stereocenters. The summed E-state index contributed by atoms with van der Waals surface area (Å²) in [5, 5.41) is 0. The van der Waals surface area contributed by atoms with Gasteiger partial charge in [-0.05, 0) is 62.4 Å². The largest absolute Gasteiger partial charge is 0.331 e. The first-order valence-corrected chi connectivity index (χ1v) is 7.39. The van der Waals surface area contributed by atoms with Crippen molar-refractivity contribution in [3.05, 3.63) is 28.0 Å². The molecule has 0 saturated carbocycles. The van der Waals surface area contributed by atoms with Crippen molar-refractivity contribution < 1.29 is 0 Å². The van der Waals surface area contributed by atoms with E-state index in [-0.39, 0.29) is 0 Å². The summed E-state index contributed by atoms with van der Waals surface area (Å²) < 4.78 is 3.04. The van der Waals surface area contributed by atoms with E-state index in [0.29, 0.717) is 0 Å². The van der Waals surface area contributed by atoms with E-state index in [4.69, 9.17) is 12.2 Å². The Morgan fingerprint density at radius 2 is 1.79 bits per heavy atom. The molecule has 0 aliphatic heterocycles. The molecule has 3 nitrogen and oxygen atoms in total. The summed E-state index contributed by atoms with van der Waals surface area (Å²) in [5.41, 5.74) is 4.99. The maximum atomic E-state index is 5.45. The van der Waals surface area contributed by atoms with Gasteiger partial charge in [0.05, 0.1) is 11.0 Å². The number of aryl methyl sites for hydroxylation is 2. The molecular formula is C15H23N3S. The predicted octanol–water partition coefficient (Wildman–Crippen LogP) is 3.66. The zero-order valence-corrected chi connectivity index (χ0v) is 13.1. The van der Waals surface area contributed by atoms with Gasteiger partial charge in [-0.2, -0.15) is 0 Å². The van der Waals surface area contributed by atoms with Crippen molar-refractivity contribution >= 4 is 23.3 Å². The average Bonchev–Trinajstić information content (AvgIpc) is 2.67. The third kappa shape index (κ3) is 2.90. The molecule has 0 amide bonds. The van der Waals surface area contributed by atoms with Crippen LogP contribution in [0, 0.1) is 18.6 Å². The van der Waals surface area contributed by atoms with Crippen molar-refractivity contribution in [2.24, 2.45) is 0 Å². The second kappa shape index (κ2) is 5.88. The van der Waals surface area contributed by atoms with Gasteiger partial charge in [0.2, 0.25) is 0 Å². The van der Waals surface area contributed by atoms with Crippen LogP contribution < -0.4 is 0 Å². The van der Waals surface area contributed by atoms with Gasteiger partial charge in [0, 0.05) is 13.1 Å². The van der Waals surface area contributed by atoms with E-state index in [9.17, 15) is 0 Å². The second-order valence-electron chi connectivity index (χ2n) is 5.06. The quantitative estimate of drug-likeness (QED) is 0.843. The van der Waals surface area contributed by atoms with Crippen molar-refractivity contribution in [3.8, 4) is 0 Å². The molecule has 0 aliphatic carbocycles. The second-order valence-corrected chi connectivity index (χ2v) is 5.45. The van der Waals surface area contributed by atoms with Crippen LogP contribution in [0.3, 0.4) is 0 Å². The van der Waals surface area contributed by atoms with Gasteiger partial charge in [-0.25, -0.2) is 0 Å². The first-order valence-electron chi connectivity index (χ1n) is 6.99. The lowest BCUT2D eigenvalue weighted by Gasteiger charge is -2.18. The summed E-state index contributed by atoms with van der Waals surface area (Å²) in [6.45, 7) is 12.9. The number of hydrogen-bond donors (Lipinski definition) is 1. The van der Waals surface area contributed by atoms with E-state index in [0.717, 1.165) is 36.5 Å². The fourth-order valence-corrected chi connectivity index (χ4v) is 2.72. The Bertz CT molecular complexity index is 620. The van der Waals surface area contributed by atoms with Gasteiger partial charge in [-0.1, -0.05) is 13.8 Å². The molecule has 104 valence electrons. The Kier molecular flexibility index (Phi) is 4.42. The molecule has 0 bridgehead atoms. The highest BCUT2D eigenvalue weighted by atomic mass is 32.1. The molecule has 2 rings (SSSR count). The Morgan fingerprint density at radius 1 is 1.16 bits per heavy atom. The normalized spacial score (nSPS) is 11.6. The van der Waals surface area contributed by atoms with Crippen LogP contribution in [0.4, 0.5) is 0 Å². The summed E-state index contributed by atoms with van der Waals surface area (Å²) >= 11 is 5.45. The minimum absolute atomic E-state index is 0.826. The number of aromatic amines is 1. The zero-order valence-electron chi connectivity index (χ0n) is 12.3. The predicted molar refractivity (Wildman–Crippen MR) is 84.4 cm³/mol. The smallest absolute Gasteiger partial charge is 0.178 e. The van der Waals surface area contributed by atoms with Gasteiger partial charge in [0.15, 0.2) is 4.77 Å². The minimum atomic E-state index is 0.826. The molecule has 1 heterocycles. The molecule has 4 heteroatoms. The summed E-state index contributed by atoms with van der Waals surface area (Å²) in [4.78, 5) is 5.73. The van der Waals surface area contributed by atoms with Crippen LogP contribution in [-0.4, -0.2) is 34.1 Å². The molecule has 1 N–H and O–H groups in total. The first-order chi connectivity index (χ1) is 9.06. The lowest BCUT2D eigenvalue weighted by molar-refractivity contribution is 0.291. The van der Waals surface area contributed by atoms with E-state index < -0.39 is 0 Å². The molecule has 0 aliphatic rings. The SMILES string of the molecule is CCN(CC)CCn1c(=S)[nH]c2cc(C)c(C)cc21. The van der Waals surface area contributed by atoms with E-state index in [1.165, 1.54) is 16.6 Å². The maximum absolute atomic E-state index is 5.45. The standard InChI is InChI=1S/C15H23N3S/c1-5-17(6-2)7-8-18-14-10-12(4)11(3)9-13(14)16-15(18)19/h9-10H,5-8H2,1-4H3,(H,16,19). The van der Waals surface area contributed by atoms with Gasteiger partial charge in [0.1, 0.15) is 0 Å². The highest BCUT2D eigenvalue weighted by molar-refractivity contribution is 7.71. The van der Waals surface area contributed by atoms with Gasteiger partial charge >= 0.3 is 0 Å². The summed E-state index contributed by atoms with van der Waals surface area (Å²) in [5.74, 6) is 0. The number of H-pyrrole nitrogens is 1. The number of nitrogens with one attached hydrogen (secondary N) is 1. The van der Waals surface area contributed by atoms with Crippen LogP contribution >= 0.6 is 12.2 Å². The summed E-state index contributed by atoms with van der Waals surface area (Å²) in [7, 11) is 0. The molecule has 19 heavy (non-hydrogen) atoms. The van der Waals surface area contributed by atoms with Gasteiger partial charge < -0.3 is 14.5 Å². The Morgan fingerprint density at radius 3 is 2.42 bits per heavy atom. The van der Waals surface area contributed by atoms with E-state index in [1.807, 2.05) is 0 Å². The van der Waals surface area contributed by atoms with Gasteiger partial charge in [0.25, 0.3) is 0 Å². The average molecular weight is 277 g/mol. The van der Waals surface area contributed by atoms with Crippen LogP contribution in [0.25, 0.3) is 11.0 Å². The summed E-state index contributed by atoms with van der Waals surface area (Å²) in [6, 6.07) is 4.42. The van der Waals surface area contributed by atoms with Crippen LogP contribution in [-0.2, 0) is 6.54 Å². The number of nitrogens with zero attached hydrogens (tertiary/aromatic N) is 2. The fraction of sp³-hybridized carbons (Fsp3) is 0.533. The topological polar surface area (TPSA) is 24.0 Å². The molecule has 2 aromatic rings. The molecule has 0 saturated heterocycles. The van der Waals surface area contributed by atoms with Crippen molar-refractivity contribution in [3.63, 3.8) is 0 Å². The van der Waals surface area contributed by atoms with Crippen molar-refractivity contribution in [2.45, 2.75) is 34.2 Å². The van der Waals surface area contributed by atoms with Gasteiger partial charge in [-0.15, -0.1) is 0 Å². The number of rotatable bonds is 5. The molecule has 0 spiro atoms. The van der Waals surface area contributed by atoms with Crippen LogP contribution in [0.2, 0.25) is 0 Å². The number of aromatic nitrogens is 2. The molecule has 0 unspecified atom stereocenters. The summed E-state index contributed by atoms with van der Waals surface area (Å²) in [6.07, 6.45) is 0. The van der Waals surface area contributed by atoms with Crippen LogP contribution in [0.5, 0.6) is 0 Å². The van der Waals surface area contributed by atoms with Crippen molar-refractivity contribution in [2.75, 3.05) is 19.6 Å². The van der Waals surface area contributed by atoms with E-state index in [2.05, 4.69) is 54.3 Å². The molecule has 1 aromatic heterocycles. The Balaban J connectivity index is 2.35. The third-order valence-corrected chi connectivity index (χ3v) is 4.25. The third-order valence-electron chi connectivity index (χ3n) is 3.92. The van der Waals surface area contributed by atoms with E-state index >= 15 is 0 Å². The lowest BCUT2D eigenvalue weighted by atomic mass is 10.1. The monoisotopic (exact) mass is 277 g/mol. The molecule has 1 aromatic carbocycles. The number of imidazole rings is 1. The maximum Gasteiger partial charge on any atom is 0.178 e. The number of benzene rings is 1. The Labute approximate surface area is 120 Å². The first kappa shape index (κ1) is 14.3. The fourth-order valence-electron chi connectivity index (χ4n) is 2.42. The highest BCUT2D eigenvalue weighted by Crippen LogP contribution is 2.19. The Hall–Kier alpha value is -1.13. The molecule has 0 fully saturated rings. The zero-order chi connectivity index (χ0) is 14.0. The number of hydrogen-bond acceptors (Lipinski definition) is 2.